The van der Waals surface area contributed by atoms with E-state index in [9.17, 15) is 4.79 Å². The number of hydrogen-bond donors (Lipinski definition) is 0. The van der Waals surface area contributed by atoms with Crippen molar-refractivity contribution >= 4 is 11.9 Å². The van der Waals surface area contributed by atoms with Crippen LogP contribution in [0.4, 0.5) is 0 Å². The average molecular weight is 198 g/mol. The number of furan rings is 1. The summed E-state index contributed by atoms with van der Waals surface area (Å²) in [4.78, 5) is 11.6. The van der Waals surface area contributed by atoms with Crippen LogP contribution in [-0.2, 0) is 0 Å². The molecule has 0 saturated carbocycles. The lowest BCUT2D eigenvalue weighted by atomic mass is 10.1. The molecular formula is C13H10O2. The number of carbonyl (C=O) groups is 1. The van der Waals surface area contributed by atoms with E-state index in [1.807, 2.05) is 18.2 Å². The number of carbonyl (C=O) groups excluding carboxylic acids is 1. The molecule has 74 valence electrons. The van der Waals surface area contributed by atoms with Crippen molar-refractivity contribution in [1.82, 2.24) is 0 Å². The van der Waals surface area contributed by atoms with E-state index < -0.39 is 0 Å². The molecule has 0 aliphatic carbocycles. The Balaban J connectivity index is 2.11. The summed E-state index contributed by atoms with van der Waals surface area (Å²) in [7, 11) is 0. The van der Waals surface area contributed by atoms with Gasteiger partial charge in [0.2, 0.25) is 0 Å². The first kappa shape index (κ1) is 9.46. The van der Waals surface area contributed by atoms with E-state index in [1.54, 1.807) is 36.6 Å². The van der Waals surface area contributed by atoms with E-state index in [0.717, 1.165) is 0 Å². The maximum absolute atomic E-state index is 11.6. The molecule has 0 radical (unpaired) electrons. The number of benzene rings is 1. The van der Waals surface area contributed by atoms with Crippen molar-refractivity contribution < 1.29 is 9.21 Å². The van der Waals surface area contributed by atoms with Gasteiger partial charge in [-0.1, -0.05) is 30.3 Å². The fraction of sp³-hybridized carbons (Fsp3) is 0. The number of rotatable bonds is 3. The molecule has 0 N–H and O–H groups in total. The molecule has 1 aromatic carbocycles. The minimum atomic E-state index is -0.0213. The third kappa shape index (κ3) is 2.44. The largest absolute Gasteiger partial charge is 0.465 e. The summed E-state index contributed by atoms with van der Waals surface area (Å²) in [6, 6.07) is 12.7. The first-order chi connectivity index (χ1) is 7.36. The van der Waals surface area contributed by atoms with Gasteiger partial charge in [0.05, 0.1) is 6.26 Å². The summed E-state index contributed by atoms with van der Waals surface area (Å²) in [5, 5.41) is 0. The van der Waals surface area contributed by atoms with Gasteiger partial charge in [0.25, 0.3) is 0 Å². The summed E-state index contributed by atoms with van der Waals surface area (Å²) in [6.07, 6.45) is 4.75. The zero-order valence-electron chi connectivity index (χ0n) is 8.09. The first-order valence-electron chi connectivity index (χ1n) is 4.67. The highest BCUT2D eigenvalue weighted by Crippen LogP contribution is 2.05. The Morgan fingerprint density at radius 3 is 2.53 bits per heavy atom. The summed E-state index contributed by atoms with van der Waals surface area (Å²) in [5.74, 6) is 0.659. The van der Waals surface area contributed by atoms with Crippen molar-refractivity contribution in [2.24, 2.45) is 0 Å². The molecule has 0 spiro atoms. The van der Waals surface area contributed by atoms with Crippen molar-refractivity contribution in [3.63, 3.8) is 0 Å². The van der Waals surface area contributed by atoms with Crippen LogP contribution in [0.5, 0.6) is 0 Å². The van der Waals surface area contributed by atoms with Crippen LogP contribution in [0.1, 0.15) is 16.1 Å². The van der Waals surface area contributed by atoms with Crippen molar-refractivity contribution in [2.45, 2.75) is 0 Å². The predicted octanol–water partition coefficient (Wildman–Crippen LogP) is 3.18. The van der Waals surface area contributed by atoms with Crippen LogP contribution >= 0.6 is 0 Å². The Labute approximate surface area is 87.8 Å². The highest BCUT2D eigenvalue weighted by molar-refractivity contribution is 6.06. The van der Waals surface area contributed by atoms with Crippen LogP contribution in [0.25, 0.3) is 6.08 Å². The zero-order chi connectivity index (χ0) is 10.5. The van der Waals surface area contributed by atoms with Gasteiger partial charge >= 0.3 is 0 Å². The molecular weight excluding hydrogens is 188 g/mol. The van der Waals surface area contributed by atoms with Crippen LogP contribution in [-0.4, -0.2) is 5.78 Å². The molecule has 15 heavy (non-hydrogen) atoms. The fourth-order valence-electron chi connectivity index (χ4n) is 1.24. The third-order valence-electron chi connectivity index (χ3n) is 2.00. The van der Waals surface area contributed by atoms with Crippen LogP contribution < -0.4 is 0 Å². The quantitative estimate of drug-likeness (QED) is 0.560. The molecule has 1 aromatic heterocycles. The second kappa shape index (κ2) is 4.42. The van der Waals surface area contributed by atoms with E-state index >= 15 is 0 Å². The second-order valence-corrected chi connectivity index (χ2v) is 3.08. The molecule has 1 heterocycles. The van der Waals surface area contributed by atoms with Gasteiger partial charge in [0, 0.05) is 5.56 Å². The molecule has 2 aromatic rings. The maximum atomic E-state index is 11.6. The van der Waals surface area contributed by atoms with E-state index in [1.165, 1.54) is 6.08 Å². The topological polar surface area (TPSA) is 30.2 Å². The molecule has 0 bridgehead atoms. The van der Waals surface area contributed by atoms with Gasteiger partial charge in [0.15, 0.2) is 5.78 Å². The highest BCUT2D eigenvalue weighted by Gasteiger charge is 1.99. The van der Waals surface area contributed by atoms with E-state index in [0.29, 0.717) is 11.3 Å². The third-order valence-corrected chi connectivity index (χ3v) is 2.00. The maximum Gasteiger partial charge on any atom is 0.185 e. The number of ketones is 1. The zero-order valence-corrected chi connectivity index (χ0v) is 8.09. The van der Waals surface area contributed by atoms with Gasteiger partial charge in [-0.3, -0.25) is 4.79 Å². The van der Waals surface area contributed by atoms with Gasteiger partial charge in [-0.15, -0.1) is 0 Å². The smallest absolute Gasteiger partial charge is 0.185 e. The first-order valence-corrected chi connectivity index (χ1v) is 4.67. The summed E-state index contributed by atoms with van der Waals surface area (Å²) in [5.41, 5.74) is 0.681. The standard InChI is InChI=1S/C13H10O2/c14-13(11-5-2-1-3-6-11)9-8-12-7-4-10-15-12/h1-10H. The normalized spacial score (nSPS) is 10.7. The Morgan fingerprint density at radius 2 is 1.87 bits per heavy atom. The molecule has 0 aliphatic rings. The molecule has 0 fully saturated rings. The van der Waals surface area contributed by atoms with Gasteiger partial charge in [-0.05, 0) is 24.3 Å². The fourth-order valence-corrected chi connectivity index (χ4v) is 1.24. The minimum absolute atomic E-state index is 0.0213. The number of hydrogen-bond acceptors (Lipinski definition) is 2. The summed E-state index contributed by atoms with van der Waals surface area (Å²) >= 11 is 0. The van der Waals surface area contributed by atoms with E-state index in [-0.39, 0.29) is 5.78 Å². The van der Waals surface area contributed by atoms with Crippen molar-refractivity contribution in [1.29, 1.82) is 0 Å². The molecule has 0 aliphatic heterocycles. The lowest BCUT2D eigenvalue weighted by Crippen LogP contribution is -1.92. The van der Waals surface area contributed by atoms with Gasteiger partial charge < -0.3 is 4.42 Å². The Bertz CT molecular complexity index is 453. The molecule has 2 nitrogen and oxygen atoms in total. The van der Waals surface area contributed by atoms with Crippen LogP contribution in [0.15, 0.2) is 59.2 Å². The Morgan fingerprint density at radius 1 is 1.07 bits per heavy atom. The average Bonchev–Trinajstić information content (AvgIpc) is 2.80. The SMILES string of the molecule is O=C(C=Cc1ccco1)c1ccccc1. The van der Waals surface area contributed by atoms with Crippen LogP contribution in [0.3, 0.4) is 0 Å². The van der Waals surface area contributed by atoms with Gasteiger partial charge in [-0.25, -0.2) is 0 Å². The minimum Gasteiger partial charge on any atom is -0.465 e. The van der Waals surface area contributed by atoms with Crippen molar-refractivity contribution in [3.8, 4) is 0 Å². The van der Waals surface area contributed by atoms with Gasteiger partial charge in [0.1, 0.15) is 5.76 Å². The molecule has 0 saturated heterocycles. The second-order valence-electron chi connectivity index (χ2n) is 3.08. The van der Waals surface area contributed by atoms with Crippen molar-refractivity contribution in [2.75, 3.05) is 0 Å². The molecule has 0 amide bonds. The Hall–Kier alpha value is -2.09. The lowest BCUT2D eigenvalue weighted by Gasteiger charge is -1.92. The van der Waals surface area contributed by atoms with Crippen LogP contribution in [0, 0.1) is 0 Å². The monoisotopic (exact) mass is 198 g/mol. The van der Waals surface area contributed by atoms with E-state index in [4.69, 9.17) is 4.42 Å². The summed E-state index contributed by atoms with van der Waals surface area (Å²) in [6.45, 7) is 0. The van der Waals surface area contributed by atoms with Gasteiger partial charge in [-0.2, -0.15) is 0 Å². The predicted molar refractivity (Wildman–Crippen MR) is 58.5 cm³/mol. The van der Waals surface area contributed by atoms with E-state index in [2.05, 4.69) is 0 Å². The molecule has 2 rings (SSSR count). The number of allylic oxidation sites excluding steroid dienone is 1. The molecule has 0 unspecified atom stereocenters. The van der Waals surface area contributed by atoms with Crippen LogP contribution in [0.2, 0.25) is 0 Å². The Kier molecular flexibility index (Phi) is 2.79. The molecule has 2 heteroatoms. The molecule has 0 atom stereocenters. The summed E-state index contributed by atoms with van der Waals surface area (Å²) < 4.78 is 5.08. The van der Waals surface area contributed by atoms with Crippen molar-refractivity contribution in [3.05, 3.63) is 66.1 Å². The lowest BCUT2D eigenvalue weighted by molar-refractivity contribution is 0.104. The highest BCUT2D eigenvalue weighted by atomic mass is 16.3.